The van der Waals surface area contributed by atoms with Gasteiger partial charge in [-0.1, -0.05) is 18.2 Å². The minimum atomic E-state index is -4.48. The zero-order valence-corrected chi connectivity index (χ0v) is 20.4. The number of piperazine rings is 1. The molecule has 2 aromatic rings. The highest BCUT2D eigenvalue weighted by atomic mass is 19.4. The number of nitrogens with zero attached hydrogens (tertiary/aromatic N) is 3. The van der Waals surface area contributed by atoms with E-state index in [2.05, 4.69) is 5.32 Å². The summed E-state index contributed by atoms with van der Waals surface area (Å²) in [6.45, 7) is 3.27. The quantitative estimate of drug-likeness (QED) is 0.617. The average Bonchev–Trinajstić information content (AvgIpc) is 3.42. The Morgan fingerprint density at radius 3 is 2.49 bits per heavy atom. The highest BCUT2D eigenvalue weighted by Crippen LogP contribution is 2.39. The third-order valence-electron chi connectivity index (χ3n) is 7.69. The van der Waals surface area contributed by atoms with Gasteiger partial charge in [0.25, 0.3) is 0 Å². The molecular formula is C27H30F4N4O2. The lowest BCUT2D eigenvalue weighted by Crippen LogP contribution is -2.62. The standard InChI is InChI=1S/C27H30F4N4O2/c28-22-6-2-1-5-18(22)15-32-26(37)21-14-19-13-20(27(29,30)31)7-8-23(19)35-12-11-33(16-24(21)35)17-25(36)34-9-3-4-10-34/h1-2,5-8,13,21,24H,3-4,9-12,14-17H2,(H,32,37). The number of anilines is 1. The van der Waals surface area contributed by atoms with Crippen LogP contribution in [0.15, 0.2) is 42.5 Å². The fourth-order valence-corrected chi connectivity index (χ4v) is 5.72. The molecule has 3 aliphatic heterocycles. The Bertz CT molecular complexity index is 1170. The van der Waals surface area contributed by atoms with E-state index in [1.807, 2.05) is 14.7 Å². The number of hydrogen-bond acceptors (Lipinski definition) is 4. The van der Waals surface area contributed by atoms with Gasteiger partial charge in [-0.05, 0) is 49.1 Å². The van der Waals surface area contributed by atoms with Crippen LogP contribution < -0.4 is 10.2 Å². The number of fused-ring (bicyclic) bond motifs is 3. The highest BCUT2D eigenvalue weighted by molar-refractivity contribution is 5.82. The average molecular weight is 519 g/mol. The molecule has 0 saturated carbocycles. The first-order valence-corrected chi connectivity index (χ1v) is 12.7. The van der Waals surface area contributed by atoms with Crippen LogP contribution in [0.5, 0.6) is 0 Å². The third kappa shape index (κ3) is 5.44. The number of halogens is 4. The number of likely N-dealkylation sites (tertiary alicyclic amines) is 1. The van der Waals surface area contributed by atoms with Crippen molar-refractivity contribution in [1.29, 1.82) is 0 Å². The van der Waals surface area contributed by atoms with Gasteiger partial charge < -0.3 is 15.1 Å². The van der Waals surface area contributed by atoms with Gasteiger partial charge in [-0.15, -0.1) is 0 Å². The molecule has 3 heterocycles. The van der Waals surface area contributed by atoms with Gasteiger partial charge in [-0.25, -0.2) is 4.39 Å². The Labute approximate surface area is 213 Å². The van der Waals surface area contributed by atoms with Crippen LogP contribution in [0.25, 0.3) is 0 Å². The van der Waals surface area contributed by atoms with Crippen molar-refractivity contribution in [2.24, 2.45) is 5.92 Å². The second-order valence-corrected chi connectivity index (χ2v) is 10.0. The van der Waals surface area contributed by atoms with Crippen molar-refractivity contribution in [3.05, 3.63) is 65.0 Å². The molecule has 2 fully saturated rings. The summed E-state index contributed by atoms with van der Waals surface area (Å²) in [6.07, 6.45) is -2.34. The molecular weight excluding hydrogens is 488 g/mol. The first-order valence-electron chi connectivity index (χ1n) is 12.7. The Kier molecular flexibility index (Phi) is 7.11. The van der Waals surface area contributed by atoms with Crippen molar-refractivity contribution in [3.8, 4) is 0 Å². The number of benzene rings is 2. The van der Waals surface area contributed by atoms with Gasteiger partial charge in [0, 0.05) is 50.5 Å². The Hall–Kier alpha value is -3.14. The molecule has 2 aromatic carbocycles. The lowest BCUT2D eigenvalue weighted by atomic mass is 9.82. The summed E-state index contributed by atoms with van der Waals surface area (Å²) in [5, 5.41) is 2.80. The number of carbonyl (C=O) groups excluding carboxylic acids is 2. The second-order valence-electron chi connectivity index (χ2n) is 10.0. The maximum atomic E-state index is 14.1. The summed E-state index contributed by atoms with van der Waals surface area (Å²) in [4.78, 5) is 32.1. The first kappa shape index (κ1) is 25.5. The lowest BCUT2D eigenvalue weighted by Gasteiger charge is -2.49. The van der Waals surface area contributed by atoms with E-state index in [-0.39, 0.29) is 37.4 Å². The number of alkyl halides is 3. The van der Waals surface area contributed by atoms with Gasteiger partial charge in [0.05, 0.1) is 24.1 Å². The van der Waals surface area contributed by atoms with E-state index in [4.69, 9.17) is 0 Å². The molecule has 1 N–H and O–H groups in total. The van der Waals surface area contributed by atoms with Gasteiger partial charge in [0.15, 0.2) is 0 Å². The summed E-state index contributed by atoms with van der Waals surface area (Å²) < 4.78 is 54.4. The first-order chi connectivity index (χ1) is 17.7. The zero-order chi connectivity index (χ0) is 26.2. The summed E-state index contributed by atoms with van der Waals surface area (Å²) in [6, 6.07) is 9.53. The molecule has 0 aliphatic carbocycles. The normalized spacial score (nSPS) is 21.9. The third-order valence-corrected chi connectivity index (χ3v) is 7.69. The van der Waals surface area contributed by atoms with E-state index < -0.39 is 23.5 Å². The molecule has 6 nitrogen and oxygen atoms in total. The number of nitrogens with one attached hydrogen (secondary N) is 1. The van der Waals surface area contributed by atoms with Crippen molar-refractivity contribution >= 4 is 17.5 Å². The number of amides is 2. The van der Waals surface area contributed by atoms with Crippen molar-refractivity contribution in [3.63, 3.8) is 0 Å². The predicted octanol–water partition coefficient (Wildman–Crippen LogP) is 3.45. The molecule has 0 radical (unpaired) electrons. The highest BCUT2D eigenvalue weighted by Gasteiger charge is 2.43. The van der Waals surface area contributed by atoms with Gasteiger partial charge in [-0.2, -0.15) is 13.2 Å². The largest absolute Gasteiger partial charge is 0.416 e. The van der Waals surface area contributed by atoms with Crippen LogP contribution in [0.3, 0.4) is 0 Å². The van der Waals surface area contributed by atoms with Gasteiger partial charge in [0.1, 0.15) is 5.82 Å². The molecule has 2 atom stereocenters. The van der Waals surface area contributed by atoms with E-state index >= 15 is 0 Å². The van der Waals surface area contributed by atoms with Crippen LogP contribution in [-0.2, 0) is 28.7 Å². The van der Waals surface area contributed by atoms with Crippen LogP contribution in [-0.4, -0.2) is 66.9 Å². The van der Waals surface area contributed by atoms with E-state index in [0.717, 1.165) is 38.1 Å². The molecule has 2 amide bonds. The maximum absolute atomic E-state index is 14.1. The van der Waals surface area contributed by atoms with Crippen LogP contribution in [0, 0.1) is 11.7 Å². The van der Waals surface area contributed by atoms with E-state index in [0.29, 0.717) is 36.4 Å². The molecule has 37 heavy (non-hydrogen) atoms. The monoisotopic (exact) mass is 518 g/mol. The minimum Gasteiger partial charge on any atom is -0.365 e. The predicted molar refractivity (Wildman–Crippen MR) is 130 cm³/mol. The topological polar surface area (TPSA) is 55.9 Å². The molecule has 2 unspecified atom stereocenters. The van der Waals surface area contributed by atoms with E-state index in [9.17, 15) is 27.2 Å². The Morgan fingerprint density at radius 2 is 1.76 bits per heavy atom. The zero-order valence-electron chi connectivity index (χ0n) is 20.4. The van der Waals surface area contributed by atoms with Crippen LogP contribution in [0.4, 0.5) is 23.2 Å². The Morgan fingerprint density at radius 1 is 1.00 bits per heavy atom. The lowest BCUT2D eigenvalue weighted by molar-refractivity contribution is -0.137. The van der Waals surface area contributed by atoms with Crippen LogP contribution in [0.1, 0.15) is 29.5 Å². The molecule has 0 bridgehead atoms. The second kappa shape index (κ2) is 10.3. The SMILES string of the molecule is O=C(NCc1ccccc1F)C1Cc2cc(C(F)(F)F)ccc2N2CCN(CC(=O)N3CCCC3)CC12. The van der Waals surface area contributed by atoms with Gasteiger partial charge in [0.2, 0.25) is 11.8 Å². The van der Waals surface area contributed by atoms with E-state index in [1.165, 1.54) is 12.1 Å². The van der Waals surface area contributed by atoms with Crippen molar-refractivity contribution in [1.82, 2.24) is 15.1 Å². The molecule has 10 heteroatoms. The number of rotatable bonds is 5. The van der Waals surface area contributed by atoms with E-state index in [1.54, 1.807) is 18.2 Å². The number of carbonyl (C=O) groups is 2. The summed E-state index contributed by atoms with van der Waals surface area (Å²) in [7, 11) is 0. The maximum Gasteiger partial charge on any atom is 0.416 e. The van der Waals surface area contributed by atoms with Crippen LogP contribution in [0.2, 0.25) is 0 Å². The smallest absolute Gasteiger partial charge is 0.365 e. The van der Waals surface area contributed by atoms with Crippen molar-refractivity contribution in [2.75, 3.05) is 44.2 Å². The summed E-state index contributed by atoms with van der Waals surface area (Å²) in [5.74, 6) is -1.35. The van der Waals surface area contributed by atoms with Gasteiger partial charge in [-0.3, -0.25) is 14.5 Å². The molecule has 198 valence electrons. The summed E-state index contributed by atoms with van der Waals surface area (Å²) in [5.41, 5.74) is 0.759. The Balaban J connectivity index is 1.38. The molecule has 2 saturated heterocycles. The summed E-state index contributed by atoms with van der Waals surface area (Å²) >= 11 is 0. The fraction of sp³-hybridized carbons (Fsp3) is 0.481. The molecule has 3 aliphatic rings. The van der Waals surface area contributed by atoms with Crippen molar-refractivity contribution < 1.29 is 27.2 Å². The number of hydrogen-bond donors (Lipinski definition) is 1. The van der Waals surface area contributed by atoms with Crippen molar-refractivity contribution in [2.45, 2.75) is 38.0 Å². The van der Waals surface area contributed by atoms with Crippen LogP contribution >= 0.6 is 0 Å². The minimum absolute atomic E-state index is 0.0126. The fourth-order valence-electron chi connectivity index (χ4n) is 5.72. The molecule has 0 aromatic heterocycles. The molecule has 0 spiro atoms. The molecule has 5 rings (SSSR count). The van der Waals surface area contributed by atoms with Gasteiger partial charge >= 0.3 is 6.18 Å².